The van der Waals surface area contributed by atoms with Crippen molar-refractivity contribution >= 4 is 28.5 Å². The molecule has 3 rings (SSSR count). The van der Waals surface area contributed by atoms with E-state index < -0.39 is 0 Å². The lowest BCUT2D eigenvalue weighted by Gasteiger charge is -2.07. The van der Waals surface area contributed by atoms with Crippen molar-refractivity contribution in [2.24, 2.45) is 5.73 Å². The maximum absolute atomic E-state index is 13.7. The molecule has 0 fully saturated rings. The molecule has 8 heteroatoms. The van der Waals surface area contributed by atoms with Gasteiger partial charge in [-0.15, -0.1) is 0 Å². The number of halogens is 2. The summed E-state index contributed by atoms with van der Waals surface area (Å²) in [7, 11) is 0. The van der Waals surface area contributed by atoms with Gasteiger partial charge in [0.2, 0.25) is 5.28 Å². The van der Waals surface area contributed by atoms with Crippen LogP contribution in [0.3, 0.4) is 0 Å². The molecule has 0 amide bonds. The molecule has 3 heterocycles. The second-order valence-corrected chi connectivity index (χ2v) is 5.74. The number of H-pyrrole nitrogens is 1. The maximum Gasteiger partial charge on any atom is 0.226 e. The first kappa shape index (κ1) is 15.6. The van der Waals surface area contributed by atoms with Gasteiger partial charge in [-0.1, -0.05) is 0 Å². The van der Waals surface area contributed by atoms with Crippen LogP contribution >= 0.6 is 11.6 Å². The lowest BCUT2D eigenvalue weighted by molar-refractivity contribution is 0.606. The molecule has 3 aromatic heterocycles. The highest BCUT2D eigenvalue weighted by atomic mass is 35.5. The van der Waals surface area contributed by atoms with Crippen LogP contribution in [0.4, 0.5) is 10.2 Å². The van der Waals surface area contributed by atoms with Gasteiger partial charge in [0.05, 0.1) is 11.6 Å². The lowest BCUT2D eigenvalue weighted by Crippen LogP contribution is -2.17. The molecule has 0 aliphatic rings. The molecule has 1 unspecified atom stereocenters. The minimum absolute atomic E-state index is 0.0221. The van der Waals surface area contributed by atoms with Crippen LogP contribution < -0.4 is 11.1 Å². The molecule has 6 nitrogen and oxygen atoms in total. The van der Waals surface area contributed by atoms with Crippen molar-refractivity contribution in [3.8, 4) is 0 Å². The number of nitrogens with zero attached hydrogens (tertiary/aromatic N) is 3. The molecule has 0 aliphatic heterocycles. The van der Waals surface area contributed by atoms with E-state index in [0.717, 1.165) is 11.1 Å². The smallest absolute Gasteiger partial charge is 0.226 e. The lowest BCUT2D eigenvalue weighted by atomic mass is 10.2. The average Bonchev–Trinajstić information content (AvgIpc) is 2.87. The average molecular weight is 335 g/mol. The number of fused-ring (bicyclic) bond motifs is 1. The molecule has 0 radical (unpaired) electrons. The highest BCUT2D eigenvalue weighted by Gasteiger charge is 2.12. The molecule has 23 heavy (non-hydrogen) atoms. The Labute approximate surface area is 137 Å². The summed E-state index contributed by atoms with van der Waals surface area (Å²) in [6, 6.07) is 3.56. The topological polar surface area (TPSA) is 92.5 Å². The Balaban J connectivity index is 1.90. The van der Waals surface area contributed by atoms with E-state index in [2.05, 4.69) is 25.3 Å². The first-order chi connectivity index (χ1) is 11.0. The number of rotatable bonds is 5. The third-order valence-corrected chi connectivity index (χ3v) is 3.53. The molecule has 0 saturated heterocycles. The molecule has 0 aliphatic carbocycles. The number of aromatic amines is 1. The van der Waals surface area contributed by atoms with Gasteiger partial charge in [-0.25, -0.2) is 9.37 Å². The zero-order valence-corrected chi connectivity index (χ0v) is 13.2. The van der Waals surface area contributed by atoms with Crippen LogP contribution in [0.5, 0.6) is 0 Å². The Hall–Kier alpha value is -2.25. The van der Waals surface area contributed by atoms with Crippen molar-refractivity contribution in [3.05, 3.63) is 46.9 Å². The Morgan fingerprint density at radius 1 is 1.43 bits per heavy atom. The molecule has 1 atom stereocenters. The fraction of sp³-hybridized carbons (Fsp3) is 0.267. The van der Waals surface area contributed by atoms with Crippen molar-refractivity contribution in [2.75, 3.05) is 5.32 Å². The van der Waals surface area contributed by atoms with Crippen molar-refractivity contribution in [1.29, 1.82) is 0 Å². The number of aromatic nitrogens is 4. The van der Waals surface area contributed by atoms with E-state index in [0.29, 0.717) is 23.4 Å². The highest BCUT2D eigenvalue weighted by Crippen LogP contribution is 2.24. The Morgan fingerprint density at radius 2 is 2.26 bits per heavy atom. The fourth-order valence-electron chi connectivity index (χ4n) is 2.35. The third kappa shape index (κ3) is 3.57. The molecule has 3 aromatic rings. The molecule has 120 valence electrons. The van der Waals surface area contributed by atoms with Gasteiger partial charge >= 0.3 is 0 Å². The number of anilines is 1. The number of pyridine rings is 1. The normalized spacial score (nSPS) is 12.5. The van der Waals surface area contributed by atoms with Crippen LogP contribution in [0.2, 0.25) is 5.28 Å². The second kappa shape index (κ2) is 6.47. The number of nitrogens with two attached hydrogens (primary N) is 1. The quantitative estimate of drug-likeness (QED) is 0.624. The maximum atomic E-state index is 13.7. The van der Waals surface area contributed by atoms with Crippen molar-refractivity contribution < 1.29 is 4.39 Å². The van der Waals surface area contributed by atoms with Crippen LogP contribution in [0.1, 0.15) is 18.2 Å². The van der Waals surface area contributed by atoms with E-state index in [9.17, 15) is 4.39 Å². The van der Waals surface area contributed by atoms with Gasteiger partial charge in [0.25, 0.3) is 0 Å². The van der Waals surface area contributed by atoms with Crippen molar-refractivity contribution in [3.63, 3.8) is 0 Å². The minimum Gasteiger partial charge on any atom is -0.365 e. The standard InChI is InChI=1S/C15H16ClFN6/c1-8(18)4-10-5-11-13(22-15(16)23-14(11)21-10)20-6-9-2-3-19-7-12(9)17/h2-3,5,7-8H,4,6,18H2,1H3,(H2,20,21,22,23). The summed E-state index contributed by atoms with van der Waals surface area (Å²) in [4.78, 5) is 15.3. The molecule has 0 aromatic carbocycles. The first-order valence-corrected chi connectivity index (χ1v) is 7.53. The number of hydrogen-bond acceptors (Lipinski definition) is 5. The van der Waals surface area contributed by atoms with E-state index >= 15 is 0 Å². The molecule has 0 saturated carbocycles. The predicted octanol–water partition coefficient (Wildman–Crippen LogP) is 2.65. The summed E-state index contributed by atoms with van der Waals surface area (Å²) in [5.74, 6) is 0.173. The van der Waals surface area contributed by atoms with Crippen molar-refractivity contribution in [1.82, 2.24) is 19.9 Å². The van der Waals surface area contributed by atoms with Crippen molar-refractivity contribution in [2.45, 2.75) is 25.9 Å². The van der Waals surface area contributed by atoms with E-state index in [1.54, 1.807) is 12.3 Å². The van der Waals surface area contributed by atoms with Gasteiger partial charge in [0, 0.05) is 36.5 Å². The van der Waals surface area contributed by atoms with Gasteiger partial charge in [-0.05, 0) is 30.7 Å². The zero-order chi connectivity index (χ0) is 16.4. The third-order valence-electron chi connectivity index (χ3n) is 3.36. The Morgan fingerprint density at radius 3 is 3.00 bits per heavy atom. The van der Waals surface area contributed by atoms with E-state index in [4.69, 9.17) is 17.3 Å². The van der Waals surface area contributed by atoms with Gasteiger partial charge in [0.1, 0.15) is 17.3 Å². The van der Waals surface area contributed by atoms with Crippen LogP contribution in [0.25, 0.3) is 11.0 Å². The summed E-state index contributed by atoms with van der Waals surface area (Å²) in [6.07, 6.45) is 3.41. The summed E-state index contributed by atoms with van der Waals surface area (Å²) >= 11 is 5.96. The monoisotopic (exact) mass is 334 g/mol. The first-order valence-electron chi connectivity index (χ1n) is 7.16. The van der Waals surface area contributed by atoms with E-state index in [-0.39, 0.29) is 23.7 Å². The highest BCUT2D eigenvalue weighted by molar-refractivity contribution is 6.28. The summed E-state index contributed by atoms with van der Waals surface area (Å²) in [6.45, 7) is 2.19. The summed E-state index contributed by atoms with van der Waals surface area (Å²) < 4.78 is 13.7. The minimum atomic E-state index is -0.372. The second-order valence-electron chi connectivity index (χ2n) is 5.40. The SMILES string of the molecule is CC(N)Cc1cc2c(NCc3ccncc3F)nc(Cl)nc2[nH]1. The molecular weight excluding hydrogens is 319 g/mol. The van der Waals surface area contributed by atoms with Crippen LogP contribution in [0.15, 0.2) is 24.5 Å². The summed E-state index contributed by atoms with van der Waals surface area (Å²) in [5.41, 5.74) is 7.89. The molecule has 4 N–H and O–H groups in total. The van der Waals surface area contributed by atoms with E-state index in [1.807, 2.05) is 13.0 Å². The Kier molecular flexibility index (Phi) is 4.40. The molecule has 0 bridgehead atoms. The number of nitrogens with one attached hydrogen (secondary N) is 2. The Bertz CT molecular complexity index is 832. The van der Waals surface area contributed by atoms with Gasteiger partial charge in [0.15, 0.2) is 0 Å². The van der Waals surface area contributed by atoms with E-state index in [1.165, 1.54) is 6.20 Å². The van der Waals surface area contributed by atoms with Crippen LogP contribution in [-0.2, 0) is 13.0 Å². The molecular formula is C15H16ClFN6. The molecule has 0 spiro atoms. The largest absolute Gasteiger partial charge is 0.365 e. The predicted molar refractivity (Wildman–Crippen MR) is 87.8 cm³/mol. The van der Waals surface area contributed by atoms with Gasteiger partial charge < -0.3 is 16.0 Å². The fourth-order valence-corrected chi connectivity index (χ4v) is 2.52. The van der Waals surface area contributed by atoms with Gasteiger partial charge in [-0.3, -0.25) is 4.98 Å². The van der Waals surface area contributed by atoms with Crippen LogP contribution in [0, 0.1) is 5.82 Å². The summed E-state index contributed by atoms with van der Waals surface area (Å²) in [5, 5.41) is 4.00. The van der Waals surface area contributed by atoms with Crippen LogP contribution in [-0.4, -0.2) is 26.0 Å². The zero-order valence-electron chi connectivity index (χ0n) is 12.5. The number of hydrogen-bond donors (Lipinski definition) is 3. The van der Waals surface area contributed by atoms with Gasteiger partial charge in [-0.2, -0.15) is 4.98 Å².